The molecular weight excluding hydrogens is 414 g/mol. The van der Waals surface area contributed by atoms with E-state index in [0.29, 0.717) is 38.0 Å². The smallest absolute Gasteiger partial charge is 0.244 e. The van der Waals surface area contributed by atoms with Gasteiger partial charge in [-0.2, -0.15) is 4.31 Å². The lowest BCUT2D eigenvalue weighted by molar-refractivity contribution is -0.134. The lowest BCUT2D eigenvalue weighted by Crippen LogP contribution is -2.53. The summed E-state index contributed by atoms with van der Waals surface area (Å²) in [5, 5.41) is 2.79. The number of benzene rings is 2. The second-order valence-electron chi connectivity index (χ2n) is 8.44. The first-order chi connectivity index (χ1) is 14.9. The summed E-state index contributed by atoms with van der Waals surface area (Å²) in [5.41, 5.74) is 3.42. The van der Waals surface area contributed by atoms with E-state index in [1.807, 2.05) is 24.3 Å². The molecule has 1 N–H and O–H groups in total. The molecule has 0 aromatic heterocycles. The number of anilines is 1. The van der Waals surface area contributed by atoms with Crippen LogP contribution in [0.2, 0.25) is 0 Å². The van der Waals surface area contributed by atoms with Gasteiger partial charge >= 0.3 is 0 Å². The lowest BCUT2D eigenvalue weighted by Gasteiger charge is -2.37. The quantitative estimate of drug-likeness (QED) is 0.795. The van der Waals surface area contributed by atoms with E-state index in [1.54, 1.807) is 17.0 Å². The molecule has 5 rings (SSSR count). The number of amides is 2. The summed E-state index contributed by atoms with van der Waals surface area (Å²) in [6.07, 6.45) is 3.13. The Hall–Kier alpha value is -2.71. The molecule has 1 atom stereocenters. The molecule has 2 aromatic carbocycles. The molecule has 3 heterocycles. The van der Waals surface area contributed by atoms with Crippen molar-refractivity contribution in [1.29, 1.82) is 0 Å². The molecule has 0 aliphatic carbocycles. The van der Waals surface area contributed by atoms with Crippen molar-refractivity contribution in [3.63, 3.8) is 0 Å². The maximum absolute atomic E-state index is 13.7. The summed E-state index contributed by atoms with van der Waals surface area (Å²) in [7, 11) is -3.90. The molecule has 0 radical (unpaired) electrons. The molecule has 3 aliphatic rings. The van der Waals surface area contributed by atoms with E-state index in [9.17, 15) is 18.0 Å². The van der Waals surface area contributed by atoms with Crippen LogP contribution in [0.1, 0.15) is 36.0 Å². The van der Waals surface area contributed by atoms with Crippen molar-refractivity contribution in [3.8, 4) is 0 Å². The Balaban J connectivity index is 1.53. The zero-order valence-corrected chi connectivity index (χ0v) is 18.0. The zero-order chi connectivity index (χ0) is 21.6. The van der Waals surface area contributed by atoms with Crippen LogP contribution in [0.5, 0.6) is 0 Å². The van der Waals surface area contributed by atoms with E-state index in [2.05, 4.69) is 5.32 Å². The third-order valence-corrected chi connectivity index (χ3v) is 8.34. The number of hydrogen-bond donors (Lipinski definition) is 1. The SMILES string of the molecule is O=C1CCc2cc(S(=O)(=O)N3Cc4ccccc4C[C@H]3C(=O)N3CCCC3)ccc2N1. The molecule has 1 saturated heterocycles. The molecule has 0 spiro atoms. The Morgan fingerprint density at radius 2 is 1.71 bits per heavy atom. The molecule has 2 amide bonds. The minimum Gasteiger partial charge on any atom is -0.341 e. The third kappa shape index (κ3) is 3.64. The van der Waals surface area contributed by atoms with E-state index < -0.39 is 16.1 Å². The van der Waals surface area contributed by atoms with E-state index >= 15 is 0 Å². The van der Waals surface area contributed by atoms with Gasteiger partial charge in [-0.1, -0.05) is 24.3 Å². The predicted octanol–water partition coefficient (Wildman–Crippen LogP) is 2.31. The first-order valence-electron chi connectivity index (χ1n) is 10.7. The van der Waals surface area contributed by atoms with Crippen molar-refractivity contribution in [3.05, 3.63) is 59.2 Å². The molecule has 0 unspecified atom stereocenters. The molecular formula is C23H25N3O4S. The van der Waals surface area contributed by atoms with E-state index in [0.717, 1.165) is 29.5 Å². The minimum atomic E-state index is -3.90. The van der Waals surface area contributed by atoms with Crippen LogP contribution in [0.25, 0.3) is 0 Å². The fraction of sp³-hybridized carbons (Fsp3) is 0.391. The summed E-state index contributed by atoms with van der Waals surface area (Å²) in [6.45, 7) is 1.55. The predicted molar refractivity (Wildman–Crippen MR) is 116 cm³/mol. The standard InChI is InChI=1S/C23H25N3O4S/c27-22-10-7-17-13-19(8-9-20(17)24-22)31(29,30)26-15-18-6-2-1-5-16(18)14-21(26)23(28)25-11-3-4-12-25/h1-2,5-6,8-9,13,21H,3-4,7,10-12,14-15H2,(H,24,27)/t21-/m0/s1. The number of fused-ring (bicyclic) bond motifs is 2. The van der Waals surface area contributed by atoms with E-state index in [1.165, 1.54) is 10.4 Å². The molecule has 1 fully saturated rings. The normalized spacial score (nSPS) is 21.4. The monoisotopic (exact) mass is 439 g/mol. The number of carbonyl (C=O) groups excluding carboxylic acids is 2. The number of likely N-dealkylation sites (tertiary alicyclic amines) is 1. The number of aryl methyl sites for hydroxylation is 1. The van der Waals surface area contributed by atoms with Crippen molar-refractivity contribution < 1.29 is 18.0 Å². The van der Waals surface area contributed by atoms with E-state index in [4.69, 9.17) is 0 Å². The summed E-state index contributed by atoms with van der Waals surface area (Å²) < 4.78 is 28.9. The molecule has 2 aromatic rings. The van der Waals surface area contributed by atoms with Gasteiger partial charge in [0.15, 0.2) is 0 Å². The van der Waals surface area contributed by atoms with Gasteiger partial charge < -0.3 is 10.2 Å². The highest BCUT2D eigenvalue weighted by Crippen LogP contribution is 2.33. The van der Waals surface area contributed by atoms with Crippen LogP contribution in [-0.2, 0) is 39.0 Å². The van der Waals surface area contributed by atoms with E-state index in [-0.39, 0.29) is 23.3 Å². The van der Waals surface area contributed by atoms with Crippen molar-refractivity contribution in [1.82, 2.24) is 9.21 Å². The van der Waals surface area contributed by atoms with Crippen LogP contribution in [0.15, 0.2) is 47.4 Å². The Bertz CT molecular complexity index is 1160. The van der Waals surface area contributed by atoms with Crippen LogP contribution >= 0.6 is 0 Å². The van der Waals surface area contributed by atoms with Gasteiger partial charge in [-0.25, -0.2) is 8.42 Å². The van der Waals surface area contributed by atoms with Crippen molar-refractivity contribution in [2.45, 2.75) is 49.6 Å². The van der Waals surface area contributed by atoms with Gasteiger partial charge in [0.1, 0.15) is 6.04 Å². The van der Waals surface area contributed by atoms with Gasteiger partial charge in [-0.15, -0.1) is 0 Å². The molecule has 8 heteroatoms. The number of sulfonamides is 1. The molecule has 0 saturated carbocycles. The summed E-state index contributed by atoms with van der Waals surface area (Å²) >= 11 is 0. The average molecular weight is 440 g/mol. The second kappa shape index (κ2) is 7.76. The fourth-order valence-electron chi connectivity index (χ4n) is 4.77. The van der Waals surface area contributed by atoms with Crippen LogP contribution in [-0.4, -0.2) is 48.6 Å². The number of nitrogens with zero attached hydrogens (tertiary/aromatic N) is 2. The Morgan fingerprint density at radius 3 is 2.48 bits per heavy atom. The molecule has 162 valence electrons. The van der Waals surface area contributed by atoms with Crippen LogP contribution < -0.4 is 5.32 Å². The molecule has 31 heavy (non-hydrogen) atoms. The summed E-state index contributed by atoms with van der Waals surface area (Å²) in [4.78, 5) is 26.9. The number of carbonyl (C=O) groups is 2. The maximum Gasteiger partial charge on any atom is 0.244 e. The number of hydrogen-bond acceptors (Lipinski definition) is 4. The van der Waals surface area contributed by atoms with Crippen LogP contribution in [0.4, 0.5) is 5.69 Å². The van der Waals surface area contributed by atoms with Gasteiger partial charge in [0.25, 0.3) is 0 Å². The number of rotatable bonds is 3. The molecule has 7 nitrogen and oxygen atoms in total. The fourth-order valence-corrected chi connectivity index (χ4v) is 6.38. The Morgan fingerprint density at radius 1 is 0.968 bits per heavy atom. The third-order valence-electron chi connectivity index (χ3n) is 6.49. The van der Waals surface area contributed by atoms with Gasteiger partial charge in [0.05, 0.1) is 4.90 Å². The topological polar surface area (TPSA) is 86.8 Å². The largest absolute Gasteiger partial charge is 0.341 e. The van der Waals surface area contributed by atoms with Gasteiger partial charge in [-0.3, -0.25) is 9.59 Å². The first kappa shape index (κ1) is 20.2. The van der Waals surface area contributed by atoms with Gasteiger partial charge in [0.2, 0.25) is 21.8 Å². The Labute approximate surface area is 182 Å². The highest BCUT2D eigenvalue weighted by Gasteiger charge is 2.41. The Kier molecular flexibility index (Phi) is 5.06. The number of nitrogens with one attached hydrogen (secondary N) is 1. The lowest BCUT2D eigenvalue weighted by atomic mass is 9.95. The average Bonchev–Trinajstić information content (AvgIpc) is 3.32. The van der Waals surface area contributed by atoms with Gasteiger partial charge in [0, 0.05) is 31.7 Å². The zero-order valence-electron chi connectivity index (χ0n) is 17.2. The molecule has 3 aliphatic heterocycles. The maximum atomic E-state index is 13.7. The summed E-state index contributed by atoms with van der Waals surface area (Å²) in [6, 6.07) is 11.8. The van der Waals surface area contributed by atoms with Gasteiger partial charge in [-0.05, 0) is 60.6 Å². The minimum absolute atomic E-state index is 0.0629. The van der Waals surface area contributed by atoms with Crippen LogP contribution in [0, 0.1) is 0 Å². The highest BCUT2D eigenvalue weighted by atomic mass is 32.2. The van der Waals surface area contributed by atoms with Crippen molar-refractivity contribution in [2.75, 3.05) is 18.4 Å². The van der Waals surface area contributed by atoms with Crippen molar-refractivity contribution in [2.24, 2.45) is 0 Å². The summed E-state index contributed by atoms with van der Waals surface area (Å²) in [5.74, 6) is -0.173. The van der Waals surface area contributed by atoms with Crippen molar-refractivity contribution >= 4 is 27.5 Å². The molecule has 0 bridgehead atoms. The van der Waals surface area contributed by atoms with Crippen LogP contribution in [0.3, 0.4) is 0 Å². The second-order valence-corrected chi connectivity index (χ2v) is 10.3. The highest BCUT2D eigenvalue weighted by molar-refractivity contribution is 7.89. The first-order valence-corrected chi connectivity index (χ1v) is 12.2.